The van der Waals surface area contributed by atoms with Gasteiger partial charge in [0.15, 0.2) is 0 Å². The highest BCUT2D eigenvalue weighted by molar-refractivity contribution is 5.85. The van der Waals surface area contributed by atoms with Crippen molar-refractivity contribution >= 4 is 18.4 Å². The van der Waals surface area contributed by atoms with Gasteiger partial charge in [-0.1, -0.05) is 6.92 Å². The molecular weight excluding hydrogens is 276 g/mol. The van der Waals surface area contributed by atoms with E-state index in [0.29, 0.717) is 6.04 Å². The fourth-order valence-electron chi connectivity index (χ4n) is 2.77. The van der Waals surface area contributed by atoms with Crippen LogP contribution < -0.4 is 5.32 Å². The van der Waals surface area contributed by atoms with E-state index >= 15 is 0 Å². The van der Waals surface area contributed by atoms with Crippen molar-refractivity contribution in [3.05, 3.63) is 0 Å². The van der Waals surface area contributed by atoms with E-state index in [-0.39, 0.29) is 23.8 Å². The lowest BCUT2D eigenvalue weighted by Crippen LogP contribution is -2.39. The molecule has 1 atom stereocenters. The molecule has 20 heavy (non-hydrogen) atoms. The van der Waals surface area contributed by atoms with Gasteiger partial charge in [-0.15, -0.1) is 12.4 Å². The van der Waals surface area contributed by atoms with Gasteiger partial charge in [0.25, 0.3) is 0 Å². The molecule has 0 aliphatic carbocycles. The molecule has 0 spiro atoms. The Labute approximate surface area is 130 Å². The highest BCUT2D eigenvalue weighted by atomic mass is 35.5. The van der Waals surface area contributed by atoms with Gasteiger partial charge in [-0.3, -0.25) is 4.79 Å². The molecule has 1 rings (SSSR count). The van der Waals surface area contributed by atoms with Crippen molar-refractivity contribution in [2.24, 2.45) is 5.41 Å². The van der Waals surface area contributed by atoms with E-state index in [1.54, 1.807) is 0 Å². The lowest BCUT2D eigenvalue weighted by Gasteiger charge is -2.32. The minimum absolute atomic E-state index is 0. The topological polar surface area (TPSA) is 41.6 Å². The number of carbonyl (C=O) groups excluding carboxylic acids is 1. The van der Waals surface area contributed by atoms with Crippen molar-refractivity contribution in [3.63, 3.8) is 0 Å². The summed E-state index contributed by atoms with van der Waals surface area (Å²) in [6.45, 7) is 10.4. The second-order valence-corrected chi connectivity index (χ2v) is 6.09. The van der Waals surface area contributed by atoms with Crippen molar-refractivity contribution in [2.75, 3.05) is 33.3 Å². The maximum absolute atomic E-state index is 11.7. The molecule has 1 saturated heterocycles. The monoisotopic (exact) mass is 306 g/mol. The van der Waals surface area contributed by atoms with Gasteiger partial charge in [-0.25, -0.2) is 0 Å². The zero-order valence-electron chi connectivity index (χ0n) is 13.4. The Morgan fingerprint density at radius 1 is 1.35 bits per heavy atom. The van der Waals surface area contributed by atoms with Crippen LogP contribution in [0.2, 0.25) is 0 Å². The molecule has 0 aromatic carbocycles. The Hall–Kier alpha value is -0.320. The van der Waals surface area contributed by atoms with Gasteiger partial charge in [0.1, 0.15) is 0 Å². The van der Waals surface area contributed by atoms with Gasteiger partial charge >= 0.3 is 5.97 Å². The lowest BCUT2D eigenvalue weighted by atomic mass is 9.89. The Kier molecular flexibility index (Phi) is 9.43. The van der Waals surface area contributed by atoms with Crippen LogP contribution in [0.4, 0.5) is 0 Å². The average Bonchev–Trinajstić information content (AvgIpc) is 2.67. The van der Waals surface area contributed by atoms with E-state index in [9.17, 15) is 4.79 Å². The molecule has 0 amide bonds. The molecule has 1 heterocycles. The lowest BCUT2D eigenvalue weighted by molar-refractivity contribution is -0.151. The van der Waals surface area contributed by atoms with Gasteiger partial charge in [-0.2, -0.15) is 0 Å². The number of ether oxygens (including phenoxy) is 1. The molecule has 4 nitrogen and oxygen atoms in total. The van der Waals surface area contributed by atoms with Crippen LogP contribution >= 0.6 is 12.4 Å². The smallest absolute Gasteiger partial charge is 0.311 e. The van der Waals surface area contributed by atoms with Crippen LogP contribution in [-0.2, 0) is 9.53 Å². The van der Waals surface area contributed by atoms with Gasteiger partial charge in [0.05, 0.1) is 12.5 Å². The first-order valence-electron chi connectivity index (χ1n) is 7.54. The summed E-state index contributed by atoms with van der Waals surface area (Å²) in [5.41, 5.74) is -0.384. The van der Waals surface area contributed by atoms with Crippen molar-refractivity contribution in [3.8, 4) is 0 Å². The highest BCUT2D eigenvalue weighted by Crippen LogP contribution is 2.24. The second kappa shape index (κ2) is 9.59. The van der Waals surface area contributed by atoms with E-state index in [1.807, 2.05) is 13.8 Å². The molecule has 1 fully saturated rings. The van der Waals surface area contributed by atoms with Crippen LogP contribution in [0.25, 0.3) is 0 Å². The summed E-state index contributed by atoms with van der Waals surface area (Å²) in [6.07, 6.45) is 4.59. The quantitative estimate of drug-likeness (QED) is 0.766. The molecular formula is C15H31ClN2O2. The molecule has 0 radical (unpaired) electrons. The maximum Gasteiger partial charge on any atom is 0.311 e. The number of methoxy groups -OCH3 is 1. The number of hydrogen-bond donors (Lipinski definition) is 1. The molecule has 1 N–H and O–H groups in total. The van der Waals surface area contributed by atoms with E-state index in [1.165, 1.54) is 26.4 Å². The second-order valence-electron chi connectivity index (χ2n) is 6.09. The van der Waals surface area contributed by atoms with Crippen LogP contribution in [0.5, 0.6) is 0 Å². The summed E-state index contributed by atoms with van der Waals surface area (Å²) in [6, 6.07) is 0.661. The van der Waals surface area contributed by atoms with Crippen LogP contribution in [0.15, 0.2) is 0 Å². The molecule has 0 aromatic heterocycles. The van der Waals surface area contributed by atoms with Crippen LogP contribution in [0, 0.1) is 5.41 Å². The third-order valence-corrected chi connectivity index (χ3v) is 4.23. The molecule has 120 valence electrons. The highest BCUT2D eigenvalue weighted by Gasteiger charge is 2.30. The summed E-state index contributed by atoms with van der Waals surface area (Å²) < 4.78 is 4.88. The molecule has 0 bridgehead atoms. The van der Waals surface area contributed by atoms with Crippen molar-refractivity contribution < 1.29 is 9.53 Å². The number of nitrogens with zero attached hydrogens (tertiary/aromatic N) is 1. The summed E-state index contributed by atoms with van der Waals surface area (Å²) in [5, 5.41) is 3.46. The Balaban J connectivity index is 0.00000361. The van der Waals surface area contributed by atoms with Crippen molar-refractivity contribution in [1.82, 2.24) is 10.2 Å². The fraction of sp³-hybridized carbons (Fsp3) is 0.933. The zero-order valence-corrected chi connectivity index (χ0v) is 14.2. The molecule has 1 aliphatic heterocycles. The number of halogens is 1. The Morgan fingerprint density at radius 2 is 2.05 bits per heavy atom. The normalized spacial score (nSPS) is 20.1. The summed E-state index contributed by atoms with van der Waals surface area (Å²) in [4.78, 5) is 14.2. The predicted molar refractivity (Wildman–Crippen MR) is 85.4 cm³/mol. The van der Waals surface area contributed by atoms with Crippen molar-refractivity contribution in [2.45, 2.75) is 52.5 Å². The van der Waals surface area contributed by atoms with Crippen molar-refractivity contribution in [1.29, 1.82) is 0 Å². The van der Waals surface area contributed by atoms with Crippen LogP contribution in [0.1, 0.15) is 46.5 Å². The molecule has 1 unspecified atom stereocenters. The van der Waals surface area contributed by atoms with E-state index in [2.05, 4.69) is 17.1 Å². The number of esters is 1. The fourth-order valence-corrected chi connectivity index (χ4v) is 2.77. The first-order valence-corrected chi connectivity index (χ1v) is 7.54. The van der Waals surface area contributed by atoms with Gasteiger partial charge in [0, 0.05) is 6.04 Å². The van der Waals surface area contributed by atoms with E-state index in [4.69, 9.17) is 4.74 Å². The number of carbonyl (C=O) groups is 1. The minimum atomic E-state index is -0.384. The first kappa shape index (κ1) is 19.7. The van der Waals surface area contributed by atoms with E-state index < -0.39 is 0 Å². The number of nitrogens with one attached hydrogen (secondary N) is 1. The molecule has 1 aliphatic rings. The zero-order chi connectivity index (χ0) is 14.3. The Morgan fingerprint density at radius 3 is 2.65 bits per heavy atom. The van der Waals surface area contributed by atoms with Gasteiger partial charge < -0.3 is 15.0 Å². The predicted octanol–water partition coefficient (Wildman–Crippen LogP) is 2.46. The standard InChI is InChI=1S/C15H30N2O2.ClH/c1-5-17(13-7-6-10-16-11-8-13)12-9-15(2,3)14(18)19-4;/h13,16H,5-12H2,1-4H3;1H. The maximum atomic E-state index is 11.7. The average molecular weight is 307 g/mol. The largest absolute Gasteiger partial charge is 0.469 e. The third kappa shape index (κ3) is 5.98. The molecule has 0 aromatic rings. The first-order chi connectivity index (χ1) is 9.01. The third-order valence-electron chi connectivity index (χ3n) is 4.23. The summed E-state index contributed by atoms with van der Waals surface area (Å²) in [7, 11) is 1.47. The Bertz CT molecular complexity index is 277. The number of rotatable bonds is 6. The van der Waals surface area contributed by atoms with Gasteiger partial charge in [-0.05, 0) is 65.7 Å². The van der Waals surface area contributed by atoms with Crippen LogP contribution in [0.3, 0.4) is 0 Å². The minimum Gasteiger partial charge on any atom is -0.469 e. The van der Waals surface area contributed by atoms with E-state index in [0.717, 1.165) is 32.6 Å². The summed E-state index contributed by atoms with van der Waals surface area (Å²) in [5.74, 6) is -0.105. The van der Waals surface area contributed by atoms with Crippen LogP contribution in [-0.4, -0.2) is 50.2 Å². The van der Waals surface area contributed by atoms with Gasteiger partial charge in [0.2, 0.25) is 0 Å². The SMILES string of the molecule is CCN(CCC(C)(C)C(=O)OC)C1CCCNCC1.Cl. The molecule has 5 heteroatoms. The number of hydrogen-bond acceptors (Lipinski definition) is 4. The summed E-state index contributed by atoms with van der Waals surface area (Å²) >= 11 is 0. The molecule has 0 saturated carbocycles.